The van der Waals surface area contributed by atoms with Gasteiger partial charge in [0.25, 0.3) is 5.91 Å². The number of carbonyl (C=O) groups excluding carboxylic acids is 2. The molecule has 104 valence electrons. The Kier molecular flexibility index (Phi) is 3.71. The van der Waals surface area contributed by atoms with Crippen molar-refractivity contribution in [3.8, 4) is 0 Å². The number of Topliss-reactive ketones (excluding diaryl/α,β-unsaturated/α-hetero) is 1. The van der Waals surface area contributed by atoms with E-state index in [1.165, 1.54) is 23.6 Å². The van der Waals surface area contributed by atoms with Crippen LogP contribution in [0.3, 0.4) is 0 Å². The number of carboxylic acid groups (broad SMARTS) is 1. The first-order valence-electron chi connectivity index (χ1n) is 5.69. The van der Waals surface area contributed by atoms with E-state index < -0.39 is 11.9 Å². The molecule has 0 bridgehead atoms. The van der Waals surface area contributed by atoms with Gasteiger partial charge in [0.2, 0.25) is 0 Å². The topological polar surface area (TPSA) is 88.4 Å². The van der Waals surface area contributed by atoms with Crippen LogP contribution in [-0.4, -0.2) is 27.3 Å². The van der Waals surface area contributed by atoms with Crippen LogP contribution in [0, 0.1) is 0 Å². The van der Waals surface area contributed by atoms with Crippen molar-refractivity contribution in [2.75, 3.05) is 5.32 Å². The maximum atomic E-state index is 12.1. The maximum Gasteiger partial charge on any atom is 0.338 e. The molecule has 7 heteroatoms. The molecule has 0 aliphatic rings. The Bertz CT molecular complexity index is 699. The fraction of sp³-hybridized carbons (Fsp3) is 0.154. The number of ketones is 1. The third-order valence-corrected chi connectivity index (χ3v) is 3.60. The number of thiophene rings is 1. The number of carboxylic acids is 1. The number of aromatic carboxylic acids is 1. The highest BCUT2D eigenvalue weighted by molar-refractivity contribution is 7.14. The quantitative estimate of drug-likeness (QED) is 0.846. The molecule has 2 aromatic heterocycles. The lowest BCUT2D eigenvalue weighted by Crippen LogP contribution is -2.16. The number of hydrogen-bond donors (Lipinski definition) is 2. The molecule has 2 rings (SSSR count). The average Bonchev–Trinajstić information content (AvgIpc) is 2.95. The molecule has 0 atom stereocenters. The van der Waals surface area contributed by atoms with Crippen molar-refractivity contribution in [2.45, 2.75) is 6.92 Å². The summed E-state index contributed by atoms with van der Waals surface area (Å²) in [6.07, 6.45) is 1.56. The minimum atomic E-state index is -1.10. The molecule has 0 radical (unpaired) electrons. The molecule has 0 unspecified atom stereocenters. The molecule has 0 fully saturated rings. The Hall–Kier alpha value is -2.41. The van der Waals surface area contributed by atoms with Gasteiger partial charge < -0.3 is 15.0 Å². The second-order valence-corrected chi connectivity index (χ2v) is 5.12. The van der Waals surface area contributed by atoms with Gasteiger partial charge in [0.05, 0.1) is 5.56 Å². The zero-order chi connectivity index (χ0) is 14.9. The Balaban J connectivity index is 2.26. The van der Waals surface area contributed by atoms with Gasteiger partial charge in [0.1, 0.15) is 10.7 Å². The zero-order valence-corrected chi connectivity index (χ0v) is 11.7. The molecule has 0 aromatic carbocycles. The van der Waals surface area contributed by atoms with E-state index in [2.05, 4.69) is 5.32 Å². The Morgan fingerprint density at radius 2 is 2.05 bits per heavy atom. The number of amides is 1. The first-order chi connectivity index (χ1) is 9.40. The molecular weight excluding hydrogens is 280 g/mol. The normalized spacial score (nSPS) is 10.3. The minimum Gasteiger partial charge on any atom is -0.478 e. The van der Waals surface area contributed by atoms with Gasteiger partial charge in [0.15, 0.2) is 5.78 Å². The molecule has 0 aliphatic carbocycles. The monoisotopic (exact) mass is 292 g/mol. The predicted octanol–water partition coefficient (Wildman–Crippen LogP) is 2.24. The number of nitrogens with zero attached hydrogens (tertiary/aromatic N) is 1. The molecule has 0 saturated carbocycles. The first-order valence-corrected chi connectivity index (χ1v) is 6.57. The highest BCUT2D eigenvalue weighted by Crippen LogP contribution is 2.24. The van der Waals surface area contributed by atoms with Crippen LogP contribution in [0.25, 0.3) is 0 Å². The van der Waals surface area contributed by atoms with E-state index in [9.17, 15) is 14.4 Å². The van der Waals surface area contributed by atoms with Crippen LogP contribution in [0.15, 0.2) is 23.7 Å². The summed E-state index contributed by atoms with van der Waals surface area (Å²) in [5.74, 6) is -1.69. The highest BCUT2D eigenvalue weighted by atomic mass is 32.1. The van der Waals surface area contributed by atoms with Crippen LogP contribution in [0.5, 0.6) is 0 Å². The van der Waals surface area contributed by atoms with Crippen LogP contribution in [-0.2, 0) is 7.05 Å². The molecule has 1 amide bonds. The number of nitrogens with one attached hydrogen (secondary N) is 1. The highest BCUT2D eigenvalue weighted by Gasteiger charge is 2.18. The smallest absolute Gasteiger partial charge is 0.338 e. The first kappa shape index (κ1) is 14.0. The van der Waals surface area contributed by atoms with Crippen LogP contribution < -0.4 is 5.32 Å². The standard InChI is InChI=1S/C13H12N2O4S/c1-7(16)8-5-10(15(2)6-8)11(17)14-12-9(13(18)19)3-4-20-12/h3-6H,1-2H3,(H,14,17)(H,18,19). The second kappa shape index (κ2) is 5.30. The van der Waals surface area contributed by atoms with Crippen LogP contribution in [0.2, 0.25) is 0 Å². The SMILES string of the molecule is CC(=O)c1cc(C(=O)Nc2sccc2C(=O)O)n(C)c1. The van der Waals surface area contributed by atoms with Gasteiger partial charge in [-0.3, -0.25) is 9.59 Å². The molecule has 2 heterocycles. The van der Waals surface area contributed by atoms with E-state index in [0.717, 1.165) is 11.3 Å². The van der Waals surface area contributed by atoms with Gasteiger partial charge in [0, 0.05) is 18.8 Å². The summed E-state index contributed by atoms with van der Waals surface area (Å²) in [5.41, 5.74) is 0.770. The van der Waals surface area contributed by atoms with Crippen molar-refractivity contribution < 1.29 is 19.5 Å². The lowest BCUT2D eigenvalue weighted by Gasteiger charge is -2.04. The summed E-state index contributed by atoms with van der Waals surface area (Å²) in [6, 6.07) is 2.90. The van der Waals surface area contributed by atoms with E-state index in [4.69, 9.17) is 5.11 Å². The largest absolute Gasteiger partial charge is 0.478 e. The molecule has 0 aliphatic heterocycles. The van der Waals surface area contributed by atoms with Gasteiger partial charge in [-0.2, -0.15) is 0 Å². The van der Waals surface area contributed by atoms with E-state index in [1.807, 2.05) is 0 Å². The van der Waals surface area contributed by atoms with Crippen LogP contribution in [0.1, 0.15) is 38.1 Å². The molecular formula is C13H12N2O4S. The summed E-state index contributed by atoms with van der Waals surface area (Å²) < 4.78 is 1.53. The molecule has 6 nitrogen and oxygen atoms in total. The van der Waals surface area contributed by atoms with Crippen molar-refractivity contribution >= 4 is 34.0 Å². The number of aromatic nitrogens is 1. The van der Waals surface area contributed by atoms with Crippen molar-refractivity contribution in [3.05, 3.63) is 40.5 Å². The fourth-order valence-electron chi connectivity index (χ4n) is 1.72. The van der Waals surface area contributed by atoms with Gasteiger partial charge in [-0.1, -0.05) is 0 Å². The van der Waals surface area contributed by atoms with E-state index in [1.54, 1.807) is 18.6 Å². The summed E-state index contributed by atoms with van der Waals surface area (Å²) in [6.45, 7) is 1.42. The lowest BCUT2D eigenvalue weighted by atomic mass is 10.2. The second-order valence-electron chi connectivity index (χ2n) is 4.20. The van der Waals surface area contributed by atoms with Gasteiger partial charge in [-0.05, 0) is 24.4 Å². The summed E-state index contributed by atoms with van der Waals surface area (Å²) in [7, 11) is 1.65. The zero-order valence-electron chi connectivity index (χ0n) is 10.8. The van der Waals surface area contributed by atoms with E-state index in [-0.39, 0.29) is 16.3 Å². The molecule has 0 saturated heterocycles. The van der Waals surface area contributed by atoms with Crippen molar-refractivity contribution in [1.29, 1.82) is 0 Å². The average molecular weight is 292 g/mol. The Labute approximate surface area is 118 Å². The molecule has 2 N–H and O–H groups in total. The number of carbonyl (C=O) groups is 3. The summed E-state index contributed by atoms with van der Waals surface area (Å²) >= 11 is 1.13. The number of hydrogen-bond acceptors (Lipinski definition) is 4. The molecule has 2 aromatic rings. The van der Waals surface area contributed by atoms with Crippen molar-refractivity contribution in [1.82, 2.24) is 4.57 Å². The van der Waals surface area contributed by atoms with Crippen LogP contribution >= 0.6 is 11.3 Å². The third-order valence-electron chi connectivity index (χ3n) is 2.77. The predicted molar refractivity (Wildman–Crippen MR) is 74.6 cm³/mol. The summed E-state index contributed by atoms with van der Waals surface area (Å²) in [4.78, 5) is 34.4. The number of anilines is 1. The fourth-order valence-corrected chi connectivity index (χ4v) is 2.50. The number of aryl methyl sites for hydroxylation is 1. The Morgan fingerprint density at radius 3 is 2.60 bits per heavy atom. The van der Waals surface area contributed by atoms with Gasteiger partial charge in [-0.15, -0.1) is 11.3 Å². The Morgan fingerprint density at radius 1 is 1.35 bits per heavy atom. The minimum absolute atomic E-state index is 0.0457. The van der Waals surface area contributed by atoms with E-state index in [0.29, 0.717) is 11.3 Å². The summed E-state index contributed by atoms with van der Waals surface area (Å²) in [5, 5.41) is 13.4. The van der Waals surface area contributed by atoms with Crippen LogP contribution in [0.4, 0.5) is 5.00 Å². The lowest BCUT2D eigenvalue weighted by molar-refractivity contribution is 0.0698. The number of rotatable bonds is 4. The van der Waals surface area contributed by atoms with Gasteiger partial charge >= 0.3 is 5.97 Å². The van der Waals surface area contributed by atoms with Gasteiger partial charge in [-0.25, -0.2) is 4.79 Å². The van der Waals surface area contributed by atoms with E-state index >= 15 is 0 Å². The van der Waals surface area contributed by atoms with Crippen molar-refractivity contribution in [2.24, 2.45) is 7.05 Å². The molecule has 20 heavy (non-hydrogen) atoms. The maximum absolute atomic E-state index is 12.1. The molecule has 0 spiro atoms. The third kappa shape index (κ3) is 2.62. The van der Waals surface area contributed by atoms with Crippen molar-refractivity contribution in [3.63, 3.8) is 0 Å².